The van der Waals surface area contributed by atoms with E-state index < -0.39 is 0 Å². The standard InChI is InChI=1S/C23H28N6O3/c1-16-6-3-11-24-22(16)27-19-9-2-8-18(26-19)17-7-4-12-28(15-17)20(30)10-5-13-29-21(31)14-25-23(29)32/h2-3,6,8-9,11,17H,4-5,7,10,12-15H2,1H3,(H,25,32)(H,24,26,27)/t17-/m1/s1. The van der Waals surface area contributed by atoms with E-state index in [0.717, 1.165) is 42.3 Å². The fourth-order valence-electron chi connectivity index (χ4n) is 4.16. The molecule has 2 aliphatic rings. The van der Waals surface area contributed by atoms with Crippen molar-refractivity contribution in [1.29, 1.82) is 0 Å². The Morgan fingerprint density at radius 1 is 1.25 bits per heavy atom. The van der Waals surface area contributed by atoms with Crippen molar-refractivity contribution in [3.05, 3.63) is 47.8 Å². The number of hydrogen-bond acceptors (Lipinski definition) is 6. The van der Waals surface area contributed by atoms with Crippen LogP contribution in [0.25, 0.3) is 0 Å². The lowest BCUT2D eigenvalue weighted by Gasteiger charge is -2.33. The molecule has 1 atom stereocenters. The first-order chi connectivity index (χ1) is 15.5. The Morgan fingerprint density at radius 2 is 2.12 bits per heavy atom. The van der Waals surface area contributed by atoms with Crippen LogP contribution in [-0.2, 0) is 9.59 Å². The third-order valence-electron chi connectivity index (χ3n) is 5.93. The molecule has 0 radical (unpaired) electrons. The fourth-order valence-corrected chi connectivity index (χ4v) is 4.16. The number of aryl methyl sites for hydroxylation is 1. The average Bonchev–Trinajstić information content (AvgIpc) is 3.13. The lowest BCUT2D eigenvalue weighted by Crippen LogP contribution is -2.40. The second-order valence-corrected chi connectivity index (χ2v) is 8.23. The number of piperidine rings is 1. The minimum absolute atomic E-state index is 0.0431. The summed E-state index contributed by atoms with van der Waals surface area (Å²) in [7, 11) is 0. The molecule has 2 aliphatic heterocycles. The molecule has 0 unspecified atom stereocenters. The van der Waals surface area contributed by atoms with Gasteiger partial charge in [-0.2, -0.15) is 0 Å². The molecule has 2 saturated heterocycles. The summed E-state index contributed by atoms with van der Waals surface area (Å²) >= 11 is 0. The minimum atomic E-state index is -0.374. The maximum atomic E-state index is 12.7. The largest absolute Gasteiger partial charge is 0.342 e. The van der Waals surface area contributed by atoms with Crippen molar-refractivity contribution in [2.75, 3.05) is 31.5 Å². The first kappa shape index (κ1) is 21.7. The molecular formula is C23H28N6O3. The average molecular weight is 437 g/mol. The Hall–Kier alpha value is -3.49. The van der Waals surface area contributed by atoms with E-state index >= 15 is 0 Å². The van der Waals surface area contributed by atoms with Gasteiger partial charge in [-0.1, -0.05) is 12.1 Å². The summed E-state index contributed by atoms with van der Waals surface area (Å²) in [4.78, 5) is 48.2. The molecule has 9 heteroatoms. The number of anilines is 2. The van der Waals surface area contributed by atoms with Crippen molar-refractivity contribution >= 4 is 29.5 Å². The molecule has 4 heterocycles. The van der Waals surface area contributed by atoms with Gasteiger partial charge in [-0.05, 0) is 49.9 Å². The molecule has 0 aliphatic carbocycles. The number of nitrogens with zero attached hydrogens (tertiary/aromatic N) is 4. The quantitative estimate of drug-likeness (QED) is 0.646. The topological polar surface area (TPSA) is 108 Å². The molecular weight excluding hydrogens is 408 g/mol. The van der Waals surface area contributed by atoms with Gasteiger partial charge >= 0.3 is 6.03 Å². The highest BCUT2D eigenvalue weighted by Crippen LogP contribution is 2.27. The van der Waals surface area contributed by atoms with Crippen LogP contribution in [0.3, 0.4) is 0 Å². The van der Waals surface area contributed by atoms with Crippen LogP contribution < -0.4 is 10.6 Å². The van der Waals surface area contributed by atoms with Gasteiger partial charge in [-0.15, -0.1) is 0 Å². The minimum Gasteiger partial charge on any atom is -0.342 e. The van der Waals surface area contributed by atoms with Gasteiger partial charge in [0.05, 0.1) is 6.54 Å². The molecule has 0 aromatic carbocycles. The van der Waals surface area contributed by atoms with Gasteiger partial charge in [0, 0.05) is 43.9 Å². The van der Waals surface area contributed by atoms with E-state index in [9.17, 15) is 14.4 Å². The molecule has 2 fully saturated rings. The SMILES string of the molecule is Cc1cccnc1Nc1cccc([C@@H]2CCCN(C(=O)CCCN3C(=O)CNC3=O)C2)n1. The molecule has 2 aromatic heterocycles. The van der Waals surface area contributed by atoms with Crippen LogP contribution in [0.1, 0.15) is 42.9 Å². The Kier molecular flexibility index (Phi) is 6.63. The van der Waals surface area contributed by atoms with Crippen molar-refractivity contribution in [1.82, 2.24) is 25.1 Å². The Balaban J connectivity index is 1.33. The number of urea groups is 1. The Morgan fingerprint density at radius 3 is 2.91 bits per heavy atom. The molecule has 0 saturated carbocycles. The van der Waals surface area contributed by atoms with E-state index in [2.05, 4.69) is 15.6 Å². The number of amides is 4. The van der Waals surface area contributed by atoms with Gasteiger partial charge in [-0.25, -0.2) is 14.8 Å². The molecule has 9 nitrogen and oxygen atoms in total. The van der Waals surface area contributed by atoms with Crippen LogP contribution in [0.2, 0.25) is 0 Å². The van der Waals surface area contributed by atoms with Gasteiger partial charge in [0.15, 0.2) is 0 Å². The maximum Gasteiger partial charge on any atom is 0.324 e. The van der Waals surface area contributed by atoms with Crippen LogP contribution in [-0.4, -0.2) is 63.8 Å². The zero-order valence-corrected chi connectivity index (χ0v) is 18.2. The Labute approximate surface area is 187 Å². The van der Waals surface area contributed by atoms with Crippen LogP contribution in [0.5, 0.6) is 0 Å². The van der Waals surface area contributed by atoms with Crippen molar-refractivity contribution in [3.8, 4) is 0 Å². The summed E-state index contributed by atoms with van der Waals surface area (Å²) in [5, 5.41) is 5.77. The van der Waals surface area contributed by atoms with Gasteiger partial charge in [0.1, 0.15) is 11.6 Å². The van der Waals surface area contributed by atoms with Crippen molar-refractivity contribution in [2.45, 2.75) is 38.5 Å². The molecule has 0 bridgehead atoms. The third-order valence-corrected chi connectivity index (χ3v) is 5.93. The first-order valence-electron chi connectivity index (χ1n) is 11.0. The number of aromatic nitrogens is 2. The number of imide groups is 1. The van der Waals surface area contributed by atoms with Crippen molar-refractivity contribution in [2.24, 2.45) is 0 Å². The van der Waals surface area contributed by atoms with E-state index in [-0.39, 0.29) is 36.9 Å². The molecule has 4 rings (SSSR count). The number of likely N-dealkylation sites (tertiary alicyclic amines) is 1. The highest BCUT2D eigenvalue weighted by molar-refractivity contribution is 6.01. The summed E-state index contributed by atoms with van der Waals surface area (Å²) in [6, 6.07) is 9.42. The number of nitrogens with one attached hydrogen (secondary N) is 2. The molecule has 2 N–H and O–H groups in total. The van der Waals surface area contributed by atoms with E-state index in [1.165, 1.54) is 4.90 Å². The smallest absolute Gasteiger partial charge is 0.324 e. The highest BCUT2D eigenvalue weighted by Gasteiger charge is 2.29. The van der Waals surface area contributed by atoms with Crippen LogP contribution in [0.4, 0.5) is 16.4 Å². The van der Waals surface area contributed by atoms with E-state index in [0.29, 0.717) is 19.4 Å². The fraction of sp³-hybridized carbons (Fsp3) is 0.435. The molecule has 0 spiro atoms. The maximum absolute atomic E-state index is 12.7. The zero-order chi connectivity index (χ0) is 22.5. The lowest BCUT2D eigenvalue weighted by atomic mass is 9.94. The van der Waals surface area contributed by atoms with E-state index in [4.69, 9.17) is 4.98 Å². The van der Waals surface area contributed by atoms with Gasteiger partial charge in [-0.3, -0.25) is 14.5 Å². The van der Waals surface area contributed by atoms with Crippen LogP contribution >= 0.6 is 0 Å². The highest BCUT2D eigenvalue weighted by atomic mass is 16.2. The number of carbonyl (C=O) groups is 3. The van der Waals surface area contributed by atoms with Gasteiger partial charge in [0.2, 0.25) is 11.8 Å². The molecule has 168 valence electrons. The van der Waals surface area contributed by atoms with Crippen LogP contribution in [0, 0.1) is 6.92 Å². The first-order valence-corrected chi connectivity index (χ1v) is 11.0. The summed E-state index contributed by atoms with van der Waals surface area (Å²) < 4.78 is 0. The number of rotatable bonds is 7. The lowest BCUT2D eigenvalue weighted by molar-refractivity contribution is -0.133. The molecule has 32 heavy (non-hydrogen) atoms. The molecule has 2 aromatic rings. The van der Waals surface area contributed by atoms with Crippen molar-refractivity contribution < 1.29 is 14.4 Å². The molecule has 4 amide bonds. The summed E-state index contributed by atoms with van der Waals surface area (Å²) in [6.45, 7) is 3.66. The predicted molar refractivity (Wildman–Crippen MR) is 119 cm³/mol. The van der Waals surface area contributed by atoms with E-state index in [1.807, 2.05) is 42.2 Å². The summed E-state index contributed by atoms with van der Waals surface area (Å²) in [5.74, 6) is 1.51. The predicted octanol–water partition coefficient (Wildman–Crippen LogP) is 2.57. The second-order valence-electron chi connectivity index (χ2n) is 8.23. The third kappa shape index (κ3) is 5.04. The second kappa shape index (κ2) is 9.76. The number of carbonyl (C=O) groups excluding carboxylic acids is 3. The number of pyridine rings is 2. The van der Waals surface area contributed by atoms with E-state index in [1.54, 1.807) is 6.20 Å². The normalized spacial score (nSPS) is 18.6. The summed E-state index contributed by atoms with van der Waals surface area (Å²) in [6.07, 6.45) is 4.43. The Bertz CT molecular complexity index is 995. The number of hydrogen-bond donors (Lipinski definition) is 2. The van der Waals surface area contributed by atoms with Crippen LogP contribution in [0.15, 0.2) is 36.5 Å². The zero-order valence-electron chi connectivity index (χ0n) is 18.2. The van der Waals surface area contributed by atoms with Gasteiger partial charge < -0.3 is 15.5 Å². The van der Waals surface area contributed by atoms with Crippen molar-refractivity contribution in [3.63, 3.8) is 0 Å². The summed E-state index contributed by atoms with van der Waals surface area (Å²) in [5.41, 5.74) is 2.00. The van der Waals surface area contributed by atoms with Gasteiger partial charge in [0.25, 0.3) is 0 Å². The monoisotopic (exact) mass is 436 g/mol.